The van der Waals surface area contributed by atoms with Gasteiger partial charge in [-0.15, -0.1) is 0 Å². The third-order valence-corrected chi connectivity index (χ3v) is 6.47. The summed E-state index contributed by atoms with van der Waals surface area (Å²) in [5.74, 6) is 0.00378. The number of pyridine rings is 1. The zero-order valence-corrected chi connectivity index (χ0v) is 18.7. The van der Waals surface area contributed by atoms with Gasteiger partial charge in [0, 0.05) is 12.4 Å². The molecule has 4 nitrogen and oxygen atoms in total. The summed E-state index contributed by atoms with van der Waals surface area (Å²) < 4.78 is 0.962. The first-order valence-electron chi connectivity index (χ1n) is 9.73. The lowest BCUT2D eigenvalue weighted by molar-refractivity contribution is -0.118. The second-order valence-corrected chi connectivity index (χ2v) is 8.89. The number of para-hydroxylation sites is 1. The van der Waals surface area contributed by atoms with Crippen LogP contribution in [-0.4, -0.2) is 15.9 Å². The molecule has 2 heterocycles. The summed E-state index contributed by atoms with van der Waals surface area (Å²) >= 11 is 7.81. The minimum Gasteiger partial charge on any atom is -0.283 e. The molecule has 4 aromatic rings. The van der Waals surface area contributed by atoms with E-state index in [4.69, 9.17) is 16.6 Å². The number of fused-ring (bicyclic) bond motifs is 1. The molecule has 152 valence electrons. The third-order valence-electron chi connectivity index (χ3n) is 5.12. The van der Waals surface area contributed by atoms with E-state index in [0.717, 1.165) is 32.5 Å². The van der Waals surface area contributed by atoms with Gasteiger partial charge in [-0.1, -0.05) is 52.8 Å². The van der Waals surface area contributed by atoms with Crippen LogP contribution in [0.15, 0.2) is 54.9 Å². The zero-order valence-electron chi connectivity index (χ0n) is 17.1. The van der Waals surface area contributed by atoms with Crippen LogP contribution < -0.4 is 4.90 Å². The van der Waals surface area contributed by atoms with Gasteiger partial charge in [-0.2, -0.15) is 0 Å². The van der Waals surface area contributed by atoms with Crippen molar-refractivity contribution in [2.75, 3.05) is 4.90 Å². The maximum atomic E-state index is 13.5. The molecule has 0 saturated carbocycles. The van der Waals surface area contributed by atoms with Gasteiger partial charge in [0.1, 0.15) is 5.52 Å². The number of hydrogen-bond donors (Lipinski definition) is 0. The molecule has 2 aromatic carbocycles. The van der Waals surface area contributed by atoms with Crippen molar-refractivity contribution in [3.05, 3.63) is 87.7 Å². The van der Waals surface area contributed by atoms with Crippen molar-refractivity contribution in [2.24, 2.45) is 0 Å². The molecular weight excluding hydrogens is 414 g/mol. The molecule has 0 aliphatic heterocycles. The Balaban J connectivity index is 1.73. The molecule has 0 atom stereocenters. The Bertz CT molecular complexity index is 1200. The number of anilines is 1. The number of thiazole rings is 1. The average molecular weight is 436 g/mol. The molecule has 30 heavy (non-hydrogen) atoms. The number of aryl methyl sites for hydroxylation is 3. The fourth-order valence-electron chi connectivity index (χ4n) is 3.69. The maximum Gasteiger partial charge on any atom is 0.233 e. The molecule has 4 rings (SSSR count). The Labute approximate surface area is 185 Å². The maximum absolute atomic E-state index is 13.5. The molecule has 0 aliphatic rings. The predicted octanol–water partition coefficient (Wildman–Crippen LogP) is 6.05. The molecule has 0 radical (unpaired) electrons. The molecule has 0 bridgehead atoms. The van der Waals surface area contributed by atoms with E-state index in [9.17, 15) is 4.79 Å². The number of carbonyl (C=O) groups excluding carboxylic acids is 1. The Morgan fingerprint density at radius 2 is 1.87 bits per heavy atom. The standard InChI is InChI=1S/C24H22ClN3OS/c1-15-10-16(2)19(17(3)11-15)12-22(29)28(14-18-6-5-9-26-13-18)24-27-23-20(25)7-4-8-21(23)30-24/h4-11,13H,12,14H2,1-3H3. The number of halogens is 1. The van der Waals surface area contributed by atoms with E-state index in [1.807, 2.05) is 30.3 Å². The van der Waals surface area contributed by atoms with Gasteiger partial charge < -0.3 is 0 Å². The number of benzene rings is 2. The van der Waals surface area contributed by atoms with Crippen LogP contribution in [0.2, 0.25) is 5.02 Å². The second kappa shape index (κ2) is 8.54. The van der Waals surface area contributed by atoms with Crippen molar-refractivity contribution in [3.63, 3.8) is 0 Å². The van der Waals surface area contributed by atoms with Crippen LogP contribution in [0.25, 0.3) is 10.2 Å². The largest absolute Gasteiger partial charge is 0.283 e. The first-order chi connectivity index (χ1) is 14.4. The Hall–Kier alpha value is -2.76. The smallest absolute Gasteiger partial charge is 0.233 e. The number of hydrogen-bond acceptors (Lipinski definition) is 4. The third kappa shape index (κ3) is 4.23. The summed E-state index contributed by atoms with van der Waals surface area (Å²) in [5, 5.41) is 1.24. The summed E-state index contributed by atoms with van der Waals surface area (Å²) in [6.45, 7) is 6.61. The van der Waals surface area contributed by atoms with Crippen LogP contribution in [0.5, 0.6) is 0 Å². The van der Waals surface area contributed by atoms with E-state index in [1.165, 1.54) is 16.9 Å². The Kier molecular flexibility index (Phi) is 5.84. The molecule has 0 aliphatic carbocycles. The van der Waals surface area contributed by atoms with Crippen LogP contribution in [0.3, 0.4) is 0 Å². The van der Waals surface area contributed by atoms with Crippen LogP contribution in [0.4, 0.5) is 5.13 Å². The fraction of sp³-hybridized carbons (Fsp3) is 0.208. The summed E-state index contributed by atoms with van der Waals surface area (Å²) in [7, 11) is 0. The van der Waals surface area contributed by atoms with Crippen LogP contribution in [-0.2, 0) is 17.8 Å². The highest BCUT2D eigenvalue weighted by Crippen LogP contribution is 2.34. The Morgan fingerprint density at radius 1 is 1.10 bits per heavy atom. The zero-order chi connectivity index (χ0) is 21.3. The van der Waals surface area contributed by atoms with Crippen molar-refractivity contribution in [3.8, 4) is 0 Å². The quantitative estimate of drug-likeness (QED) is 0.383. The van der Waals surface area contributed by atoms with Crippen molar-refractivity contribution < 1.29 is 4.79 Å². The van der Waals surface area contributed by atoms with Crippen molar-refractivity contribution >= 4 is 44.2 Å². The molecule has 0 N–H and O–H groups in total. The molecule has 1 amide bonds. The highest BCUT2D eigenvalue weighted by Gasteiger charge is 2.22. The highest BCUT2D eigenvalue weighted by atomic mass is 35.5. The summed E-state index contributed by atoms with van der Waals surface area (Å²) in [5.41, 5.74) is 6.22. The first-order valence-corrected chi connectivity index (χ1v) is 10.9. The summed E-state index contributed by atoms with van der Waals surface area (Å²) in [4.78, 5) is 24.1. The van der Waals surface area contributed by atoms with Crippen LogP contribution in [0, 0.1) is 20.8 Å². The number of rotatable bonds is 5. The fourth-order valence-corrected chi connectivity index (χ4v) is 4.97. The number of aromatic nitrogens is 2. The van der Waals surface area contributed by atoms with E-state index in [0.29, 0.717) is 23.1 Å². The van der Waals surface area contributed by atoms with Gasteiger partial charge in [-0.25, -0.2) is 4.98 Å². The molecular formula is C24H22ClN3OS. The molecule has 2 aromatic heterocycles. The minimum absolute atomic E-state index is 0.00378. The van der Waals surface area contributed by atoms with Gasteiger partial charge in [0.2, 0.25) is 5.91 Å². The number of carbonyl (C=O) groups is 1. The van der Waals surface area contributed by atoms with Gasteiger partial charge >= 0.3 is 0 Å². The van der Waals surface area contributed by atoms with Gasteiger partial charge in [0.25, 0.3) is 0 Å². The van der Waals surface area contributed by atoms with Crippen molar-refractivity contribution in [1.29, 1.82) is 0 Å². The lowest BCUT2D eigenvalue weighted by Gasteiger charge is -2.21. The van der Waals surface area contributed by atoms with Gasteiger partial charge in [0.15, 0.2) is 5.13 Å². The SMILES string of the molecule is Cc1cc(C)c(CC(=O)N(Cc2cccnc2)c2nc3c(Cl)cccc3s2)c(C)c1. The van der Waals surface area contributed by atoms with E-state index >= 15 is 0 Å². The van der Waals surface area contributed by atoms with E-state index < -0.39 is 0 Å². The van der Waals surface area contributed by atoms with Crippen LogP contribution in [0.1, 0.15) is 27.8 Å². The topological polar surface area (TPSA) is 46.1 Å². The predicted molar refractivity (Wildman–Crippen MR) is 124 cm³/mol. The van der Waals surface area contributed by atoms with Crippen LogP contribution >= 0.6 is 22.9 Å². The second-order valence-electron chi connectivity index (χ2n) is 7.48. The summed E-state index contributed by atoms with van der Waals surface area (Å²) in [6, 6.07) is 13.8. The molecule has 0 saturated heterocycles. The minimum atomic E-state index is 0.00378. The van der Waals surface area contributed by atoms with Gasteiger partial charge in [0.05, 0.1) is 22.7 Å². The van der Waals surface area contributed by atoms with Crippen molar-refractivity contribution in [2.45, 2.75) is 33.7 Å². The van der Waals surface area contributed by atoms with E-state index in [-0.39, 0.29) is 5.91 Å². The van der Waals surface area contributed by atoms with Crippen molar-refractivity contribution in [1.82, 2.24) is 9.97 Å². The normalized spacial score (nSPS) is 11.1. The monoisotopic (exact) mass is 435 g/mol. The van der Waals surface area contributed by atoms with Gasteiger partial charge in [-0.05, 0) is 61.2 Å². The lowest BCUT2D eigenvalue weighted by Crippen LogP contribution is -2.32. The lowest BCUT2D eigenvalue weighted by atomic mass is 9.97. The molecule has 0 unspecified atom stereocenters. The highest BCUT2D eigenvalue weighted by molar-refractivity contribution is 7.22. The van der Waals surface area contributed by atoms with Gasteiger partial charge in [-0.3, -0.25) is 14.7 Å². The van der Waals surface area contributed by atoms with E-state index in [2.05, 4.69) is 37.9 Å². The van der Waals surface area contributed by atoms with E-state index in [1.54, 1.807) is 17.3 Å². The molecule has 6 heteroatoms. The average Bonchev–Trinajstić information content (AvgIpc) is 3.15. The Morgan fingerprint density at radius 3 is 2.53 bits per heavy atom. The number of nitrogens with zero attached hydrogens (tertiary/aromatic N) is 3. The number of amides is 1. The molecule has 0 spiro atoms. The summed E-state index contributed by atoms with van der Waals surface area (Å²) in [6.07, 6.45) is 3.83. The molecule has 0 fully saturated rings. The first kappa shape index (κ1) is 20.5.